The van der Waals surface area contributed by atoms with Crippen LogP contribution in [0.25, 0.3) is 6.08 Å². The molecule has 1 aromatic carbocycles. The molecule has 3 saturated carbocycles. The Labute approximate surface area is 298 Å². The second-order valence-corrected chi connectivity index (χ2v) is 17.0. The summed E-state index contributed by atoms with van der Waals surface area (Å²) in [5, 5.41) is 5.17. The first-order valence-electron chi connectivity index (χ1n) is 18.3. The smallest absolute Gasteiger partial charge is 0.410 e. The largest absolute Gasteiger partial charge is 0.444 e. The molecule has 5 atom stereocenters. The summed E-state index contributed by atoms with van der Waals surface area (Å²) in [6, 6.07) is 3.91. The molecular weight excluding hydrogens is 675 g/mol. The Morgan fingerprint density at radius 3 is 2.55 bits per heavy atom. The van der Waals surface area contributed by atoms with Crippen LogP contribution in [0.4, 0.5) is 4.79 Å². The lowest BCUT2D eigenvalue weighted by Gasteiger charge is -2.35. The molecule has 0 aromatic heterocycles. The molecule has 13 nitrogen and oxygen atoms in total. The number of fused-ring (bicyclic) bond motifs is 3. The number of allylic oxidation sites excluding steroid dienone is 1. The van der Waals surface area contributed by atoms with Crippen molar-refractivity contribution in [1.29, 1.82) is 0 Å². The summed E-state index contributed by atoms with van der Waals surface area (Å²) in [6.07, 6.45) is 11.1. The minimum absolute atomic E-state index is 0.0275. The molecule has 1 aromatic rings. The zero-order chi connectivity index (χ0) is 35.9. The quantitative estimate of drug-likeness (QED) is 0.361. The van der Waals surface area contributed by atoms with E-state index in [9.17, 15) is 32.4 Å². The summed E-state index contributed by atoms with van der Waals surface area (Å²) in [4.78, 5) is 72.2. The van der Waals surface area contributed by atoms with E-state index in [1.54, 1.807) is 4.90 Å². The number of ether oxygens (including phenoxy) is 1. The minimum Gasteiger partial charge on any atom is -0.444 e. The fraction of sp³-hybridized carbons (Fsp3) is 0.595. The van der Waals surface area contributed by atoms with Gasteiger partial charge in [-0.05, 0) is 67.6 Å². The number of carbonyl (C=O) groups is 5. The van der Waals surface area contributed by atoms with Gasteiger partial charge in [0.25, 0.3) is 5.91 Å². The highest BCUT2D eigenvalue weighted by atomic mass is 32.2. The van der Waals surface area contributed by atoms with Crippen LogP contribution in [0.15, 0.2) is 36.9 Å². The Morgan fingerprint density at radius 2 is 1.82 bits per heavy atom. The number of nitrogens with zero attached hydrogens (tertiary/aromatic N) is 2. The Balaban J connectivity index is 1.17. The van der Waals surface area contributed by atoms with Crippen molar-refractivity contribution in [1.82, 2.24) is 25.2 Å². The highest BCUT2D eigenvalue weighted by Crippen LogP contribution is 2.45. The molecule has 3 N–H and O–H groups in total. The van der Waals surface area contributed by atoms with E-state index in [2.05, 4.69) is 21.9 Å². The number of rotatable bonds is 7. The van der Waals surface area contributed by atoms with Crippen LogP contribution in [0.2, 0.25) is 0 Å². The molecule has 51 heavy (non-hydrogen) atoms. The van der Waals surface area contributed by atoms with E-state index < -0.39 is 68.7 Å². The van der Waals surface area contributed by atoms with Crippen molar-refractivity contribution < 1.29 is 37.1 Å². The van der Waals surface area contributed by atoms with E-state index in [1.165, 1.54) is 11.0 Å². The lowest BCUT2D eigenvalue weighted by molar-refractivity contribution is -0.143. The maximum atomic E-state index is 14.6. The lowest BCUT2D eigenvalue weighted by atomic mass is 9.83. The normalized spacial score (nSPS) is 30.2. The van der Waals surface area contributed by atoms with Crippen LogP contribution < -0.4 is 15.4 Å². The van der Waals surface area contributed by atoms with Crippen molar-refractivity contribution >= 4 is 45.8 Å². The van der Waals surface area contributed by atoms with Crippen molar-refractivity contribution in [2.45, 2.75) is 119 Å². The molecule has 274 valence electrons. The van der Waals surface area contributed by atoms with Gasteiger partial charge in [-0.1, -0.05) is 55.7 Å². The minimum atomic E-state index is -3.89. The standard InChI is InChI=1S/C37H47N5O8S/c1-2-26-19-37(26,35(46)40-51(48,49)28-16-17-28)39-33(44)30-18-27-21-42(30)34(45)32(24-11-6-3-7-12-24)38-31(43)15-8-4-5-10-23-13-9-14-25-20-41(22-29(23)25)36(47)50-27/h2,5,9-10,13-14,24,26-28,30,32H,1,3-4,6-8,11-12,15-22H2,(H,38,43)(H,39,44)(H,40,46)/t26-,27-,30+,32+,37-/m1/s1. The molecule has 5 amide bonds. The molecule has 7 rings (SSSR count). The van der Waals surface area contributed by atoms with E-state index >= 15 is 0 Å². The first-order valence-corrected chi connectivity index (χ1v) is 19.9. The number of hydrogen-bond donors (Lipinski definition) is 3. The molecule has 3 heterocycles. The average molecular weight is 722 g/mol. The molecule has 0 radical (unpaired) electrons. The Bertz CT molecular complexity index is 1750. The van der Waals surface area contributed by atoms with Gasteiger partial charge in [-0.3, -0.25) is 28.8 Å². The second-order valence-electron chi connectivity index (χ2n) is 15.0. The van der Waals surface area contributed by atoms with Gasteiger partial charge in [0, 0.05) is 25.3 Å². The Hall–Kier alpha value is -4.20. The highest BCUT2D eigenvalue weighted by molar-refractivity contribution is 7.91. The fourth-order valence-corrected chi connectivity index (χ4v) is 9.57. The molecule has 3 aliphatic carbocycles. The second kappa shape index (κ2) is 14.1. The number of sulfonamides is 1. The van der Waals surface area contributed by atoms with Crippen LogP contribution in [-0.4, -0.2) is 83.5 Å². The molecule has 4 fully saturated rings. The zero-order valence-corrected chi connectivity index (χ0v) is 29.6. The summed E-state index contributed by atoms with van der Waals surface area (Å²) in [5.74, 6) is -2.80. The van der Waals surface area contributed by atoms with Crippen LogP contribution >= 0.6 is 0 Å². The van der Waals surface area contributed by atoms with Crippen molar-refractivity contribution in [2.75, 3.05) is 6.54 Å². The van der Waals surface area contributed by atoms with Gasteiger partial charge in [0.05, 0.1) is 18.3 Å². The van der Waals surface area contributed by atoms with Crippen molar-refractivity contribution in [3.63, 3.8) is 0 Å². The number of nitrogens with one attached hydrogen (secondary N) is 3. The molecular formula is C37H47N5O8S. The third kappa shape index (κ3) is 7.29. The molecule has 1 saturated heterocycles. The van der Waals surface area contributed by atoms with Gasteiger partial charge in [-0.15, -0.1) is 6.58 Å². The van der Waals surface area contributed by atoms with E-state index in [1.807, 2.05) is 30.4 Å². The predicted molar refractivity (Wildman–Crippen MR) is 187 cm³/mol. The topological polar surface area (TPSA) is 171 Å². The SMILES string of the molecule is C=C[C@@H]1C[C@]1(NC(=O)[C@@H]1C[C@@H]2CN1C(=O)[C@H](C1CCCCC1)NC(=O)CCCC=Cc1cccc3c1CN(C3)C(=O)O2)C(=O)NS(=O)(=O)C1CC1. The van der Waals surface area contributed by atoms with Crippen LogP contribution in [0.1, 0.15) is 93.7 Å². The van der Waals surface area contributed by atoms with Gasteiger partial charge in [0.2, 0.25) is 27.7 Å². The predicted octanol–water partition coefficient (Wildman–Crippen LogP) is 3.04. The van der Waals surface area contributed by atoms with Crippen LogP contribution in [0, 0.1) is 11.8 Å². The van der Waals surface area contributed by atoms with Crippen molar-refractivity contribution in [3.05, 3.63) is 53.6 Å². The Morgan fingerprint density at radius 1 is 1.04 bits per heavy atom. The number of hydrogen-bond acceptors (Lipinski definition) is 8. The summed E-state index contributed by atoms with van der Waals surface area (Å²) < 4.78 is 33.5. The number of benzene rings is 1. The van der Waals surface area contributed by atoms with Gasteiger partial charge >= 0.3 is 6.09 Å². The zero-order valence-electron chi connectivity index (χ0n) is 28.8. The van der Waals surface area contributed by atoms with Crippen LogP contribution in [0.5, 0.6) is 0 Å². The third-order valence-electron chi connectivity index (χ3n) is 11.4. The monoisotopic (exact) mass is 721 g/mol. The summed E-state index contributed by atoms with van der Waals surface area (Å²) in [7, 11) is -3.89. The van der Waals surface area contributed by atoms with Crippen molar-refractivity contribution in [3.8, 4) is 0 Å². The first-order chi connectivity index (χ1) is 24.5. The van der Waals surface area contributed by atoms with Gasteiger partial charge in [-0.2, -0.15) is 0 Å². The molecule has 14 heteroatoms. The van der Waals surface area contributed by atoms with Gasteiger partial charge < -0.3 is 20.3 Å². The molecule has 0 spiro atoms. The van der Waals surface area contributed by atoms with Gasteiger partial charge in [-0.25, -0.2) is 13.2 Å². The van der Waals surface area contributed by atoms with E-state index in [4.69, 9.17) is 4.74 Å². The summed E-state index contributed by atoms with van der Waals surface area (Å²) in [6.45, 7) is 4.41. The van der Waals surface area contributed by atoms with Crippen LogP contribution in [-0.2, 0) is 47.0 Å². The van der Waals surface area contributed by atoms with Gasteiger partial charge in [0.15, 0.2) is 0 Å². The molecule has 3 aliphatic heterocycles. The van der Waals surface area contributed by atoms with E-state index in [-0.39, 0.29) is 37.6 Å². The van der Waals surface area contributed by atoms with Crippen LogP contribution in [0.3, 0.4) is 0 Å². The Kier molecular flexibility index (Phi) is 9.72. The number of carbonyl (C=O) groups excluding carboxylic acids is 5. The molecule has 6 aliphatic rings. The van der Waals surface area contributed by atoms with Crippen molar-refractivity contribution in [2.24, 2.45) is 11.8 Å². The van der Waals surface area contributed by atoms with E-state index in [0.717, 1.165) is 48.8 Å². The maximum Gasteiger partial charge on any atom is 0.410 e. The number of amides is 5. The molecule has 0 unspecified atom stereocenters. The maximum absolute atomic E-state index is 14.6. The van der Waals surface area contributed by atoms with Gasteiger partial charge in [0.1, 0.15) is 23.7 Å². The summed E-state index contributed by atoms with van der Waals surface area (Å²) >= 11 is 0. The molecule has 4 bridgehead atoms. The fourth-order valence-electron chi connectivity index (χ4n) is 8.21. The summed E-state index contributed by atoms with van der Waals surface area (Å²) in [5.41, 5.74) is 1.49. The third-order valence-corrected chi connectivity index (χ3v) is 13.2. The highest BCUT2D eigenvalue weighted by Gasteiger charge is 2.62. The first kappa shape index (κ1) is 35.2. The van der Waals surface area contributed by atoms with E-state index in [0.29, 0.717) is 38.8 Å². The average Bonchev–Trinajstić information content (AvgIpc) is 4.01. The lowest BCUT2D eigenvalue weighted by Crippen LogP contribution is -2.59.